The second kappa shape index (κ2) is 6.69. The molecule has 2 aliphatic heterocycles. The van der Waals surface area contributed by atoms with Crippen LogP contribution in [0.5, 0.6) is 0 Å². The number of ether oxygens (including phenoxy) is 1. The predicted octanol–water partition coefficient (Wildman–Crippen LogP) is 2.73. The van der Waals surface area contributed by atoms with E-state index in [9.17, 15) is 4.79 Å². The highest BCUT2D eigenvalue weighted by Crippen LogP contribution is 2.25. The SMILES string of the molecule is C[C@@H]1COCCN1c1cc(-c2ccc(C3=CC=NC3)cc2)[nH]c(=O)c1. The molecule has 5 heteroatoms. The summed E-state index contributed by atoms with van der Waals surface area (Å²) in [5, 5.41) is 0. The number of aromatic nitrogens is 1. The molecule has 1 aromatic carbocycles. The van der Waals surface area contributed by atoms with Crippen LogP contribution >= 0.6 is 0 Å². The van der Waals surface area contributed by atoms with E-state index in [0.717, 1.165) is 30.0 Å². The van der Waals surface area contributed by atoms with Gasteiger partial charge >= 0.3 is 0 Å². The Labute approximate surface area is 146 Å². The lowest BCUT2D eigenvalue weighted by atomic mass is 10.0. The minimum absolute atomic E-state index is 0.0813. The third kappa shape index (κ3) is 3.28. The Kier molecular flexibility index (Phi) is 4.24. The number of hydrogen-bond acceptors (Lipinski definition) is 4. The van der Waals surface area contributed by atoms with Gasteiger partial charge in [0.25, 0.3) is 0 Å². The van der Waals surface area contributed by atoms with Crippen LogP contribution in [0.15, 0.2) is 52.3 Å². The van der Waals surface area contributed by atoms with Crippen molar-refractivity contribution in [3.8, 4) is 11.3 Å². The Morgan fingerprint density at radius 1 is 1.20 bits per heavy atom. The molecule has 1 saturated heterocycles. The fraction of sp³-hybridized carbons (Fsp3) is 0.300. The number of aliphatic imine (C=N–C) groups is 1. The Morgan fingerprint density at radius 3 is 2.72 bits per heavy atom. The van der Waals surface area contributed by atoms with Crippen molar-refractivity contribution < 1.29 is 4.74 Å². The van der Waals surface area contributed by atoms with E-state index in [0.29, 0.717) is 13.2 Å². The number of hydrogen-bond donors (Lipinski definition) is 1. The molecule has 0 spiro atoms. The second-order valence-corrected chi connectivity index (χ2v) is 6.49. The Morgan fingerprint density at radius 2 is 2.00 bits per heavy atom. The summed E-state index contributed by atoms with van der Waals surface area (Å²) in [6.07, 6.45) is 3.88. The highest BCUT2D eigenvalue weighted by molar-refractivity contribution is 5.89. The molecule has 128 valence electrons. The van der Waals surface area contributed by atoms with Crippen LogP contribution in [0.1, 0.15) is 12.5 Å². The lowest BCUT2D eigenvalue weighted by Gasteiger charge is -2.35. The molecule has 0 aliphatic carbocycles. The van der Waals surface area contributed by atoms with Crippen LogP contribution < -0.4 is 10.5 Å². The van der Waals surface area contributed by atoms with Crippen molar-refractivity contribution in [3.05, 3.63) is 58.4 Å². The fourth-order valence-electron chi connectivity index (χ4n) is 3.36. The van der Waals surface area contributed by atoms with Crippen molar-refractivity contribution in [2.45, 2.75) is 13.0 Å². The van der Waals surface area contributed by atoms with E-state index in [4.69, 9.17) is 4.74 Å². The molecule has 1 aromatic heterocycles. The van der Waals surface area contributed by atoms with E-state index >= 15 is 0 Å². The van der Waals surface area contributed by atoms with Gasteiger partial charge in [-0.2, -0.15) is 0 Å². The number of benzene rings is 1. The lowest BCUT2D eigenvalue weighted by Crippen LogP contribution is -2.44. The second-order valence-electron chi connectivity index (χ2n) is 6.49. The highest BCUT2D eigenvalue weighted by atomic mass is 16.5. The molecule has 4 rings (SSSR count). The van der Waals surface area contributed by atoms with Gasteiger partial charge in [-0.05, 0) is 35.8 Å². The molecule has 1 N–H and O–H groups in total. The first-order valence-corrected chi connectivity index (χ1v) is 8.59. The molecular formula is C20H21N3O2. The van der Waals surface area contributed by atoms with E-state index in [1.165, 1.54) is 11.1 Å². The molecule has 2 aliphatic rings. The molecule has 1 fully saturated rings. The first kappa shape index (κ1) is 15.8. The highest BCUT2D eigenvalue weighted by Gasteiger charge is 2.20. The van der Waals surface area contributed by atoms with E-state index < -0.39 is 0 Å². The van der Waals surface area contributed by atoms with Crippen molar-refractivity contribution in [1.29, 1.82) is 0 Å². The summed E-state index contributed by atoms with van der Waals surface area (Å²) in [6.45, 7) is 5.04. The van der Waals surface area contributed by atoms with Gasteiger partial charge in [0.15, 0.2) is 0 Å². The quantitative estimate of drug-likeness (QED) is 0.938. The van der Waals surface area contributed by atoms with Crippen molar-refractivity contribution in [1.82, 2.24) is 4.98 Å². The van der Waals surface area contributed by atoms with Crippen molar-refractivity contribution in [2.24, 2.45) is 4.99 Å². The zero-order valence-corrected chi connectivity index (χ0v) is 14.2. The number of morpholine rings is 1. The molecule has 0 bridgehead atoms. The molecule has 3 heterocycles. The number of H-pyrrole nitrogens is 1. The van der Waals surface area contributed by atoms with Gasteiger partial charge in [0.05, 0.1) is 25.5 Å². The van der Waals surface area contributed by atoms with Gasteiger partial charge in [0.2, 0.25) is 5.56 Å². The average Bonchev–Trinajstić information content (AvgIpc) is 3.16. The molecule has 25 heavy (non-hydrogen) atoms. The van der Waals surface area contributed by atoms with Crippen LogP contribution in [0.3, 0.4) is 0 Å². The van der Waals surface area contributed by atoms with Gasteiger partial charge in [0.1, 0.15) is 0 Å². The minimum atomic E-state index is -0.0813. The van der Waals surface area contributed by atoms with Crippen LogP contribution in [0.4, 0.5) is 5.69 Å². The van der Waals surface area contributed by atoms with Crippen LogP contribution in [-0.2, 0) is 4.74 Å². The smallest absolute Gasteiger partial charge is 0.250 e. The van der Waals surface area contributed by atoms with Gasteiger partial charge in [-0.1, -0.05) is 24.3 Å². The lowest BCUT2D eigenvalue weighted by molar-refractivity contribution is 0.0989. The summed E-state index contributed by atoms with van der Waals surface area (Å²) in [6, 6.07) is 12.2. The molecule has 1 atom stereocenters. The zero-order chi connectivity index (χ0) is 17.2. The van der Waals surface area contributed by atoms with E-state index in [1.807, 2.05) is 24.4 Å². The third-order valence-corrected chi connectivity index (χ3v) is 4.74. The van der Waals surface area contributed by atoms with E-state index in [1.54, 1.807) is 6.07 Å². The normalized spacial score (nSPS) is 20.0. The Bertz CT molecular complexity index is 881. The molecule has 0 amide bonds. The molecule has 5 nitrogen and oxygen atoms in total. The standard InChI is InChI=1S/C20H21N3O2/c1-14-13-25-9-8-23(14)18-10-19(22-20(24)11-18)16-4-2-15(3-5-16)17-6-7-21-12-17/h2-7,10-11,14H,8-9,12-13H2,1H3,(H,22,24)/t14-/m1/s1. The number of nitrogens with zero attached hydrogens (tertiary/aromatic N) is 2. The topological polar surface area (TPSA) is 57.7 Å². The first-order chi connectivity index (χ1) is 12.2. The average molecular weight is 335 g/mol. The van der Waals surface area contributed by atoms with E-state index in [2.05, 4.69) is 40.0 Å². The maximum Gasteiger partial charge on any atom is 0.250 e. The summed E-state index contributed by atoms with van der Waals surface area (Å²) in [5.41, 5.74) is 5.10. The number of pyridine rings is 1. The predicted molar refractivity (Wildman–Crippen MR) is 101 cm³/mol. The van der Waals surface area contributed by atoms with Gasteiger partial charge in [0, 0.05) is 30.6 Å². The maximum absolute atomic E-state index is 12.2. The Balaban J connectivity index is 1.65. The molecule has 2 aromatic rings. The summed E-state index contributed by atoms with van der Waals surface area (Å²) in [5.74, 6) is 0. The fourth-order valence-corrected chi connectivity index (χ4v) is 3.36. The molecule has 0 radical (unpaired) electrons. The minimum Gasteiger partial charge on any atom is -0.377 e. The summed E-state index contributed by atoms with van der Waals surface area (Å²) < 4.78 is 5.50. The van der Waals surface area contributed by atoms with Gasteiger partial charge < -0.3 is 14.6 Å². The summed E-state index contributed by atoms with van der Waals surface area (Å²) >= 11 is 0. The summed E-state index contributed by atoms with van der Waals surface area (Å²) in [4.78, 5) is 21.6. The molecular weight excluding hydrogens is 314 g/mol. The molecule has 0 unspecified atom stereocenters. The van der Waals surface area contributed by atoms with Crippen LogP contribution in [0.25, 0.3) is 16.8 Å². The monoisotopic (exact) mass is 335 g/mol. The number of anilines is 1. The Hall–Kier alpha value is -2.66. The number of rotatable bonds is 3. The van der Waals surface area contributed by atoms with Crippen LogP contribution in [-0.4, -0.2) is 43.5 Å². The number of nitrogens with one attached hydrogen (secondary N) is 1. The van der Waals surface area contributed by atoms with Crippen LogP contribution in [0, 0.1) is 0 Å². The number of aromatic amines is 1. The largest absolute Gasteiger partial charge is 0.377 e. The first-order valence-electron chi connectivity index (χ1n) is 8.59. The molecule has 0 saturated carbocycles. The number of allylic oxidation sites excluding steroid dienone is 1. The summed E-state index contributed by atoms with van der Waals surface area (Å²) in [7, 11) is 0. The third-order valence-electron chi connectivity index (χ3n) is 4.74. The van der Waals surface area contributed by atoms with Gasteiger partial charge in [-0.25, -0.2) is 0 Å². The van der Waals surface area contributed by atoms with Gasteiger partial charge in [-0.15, -0.1) is 0 Å². The van der Waals surface area contributed by atoms with Crippen molar-refractivity contribution >= 4 is 17.5 Å². The van der Waals surface area contributed by atoms with Crippen molar-refractivity contribution in [2.75, 3.05) is 31.2 Å². The van der Waals surface area contributed by atoms with Crippen molar-refractivity contribution in [3.63, 3.8) is 0 Å². The van der Waals surface area contributed by atoms with Crippen LogP contribution in [0.2, 0.25) is 0 Å². The zero-order valence-electron chi connectivity index (χ0n) is 14.2. The maximum atomic E-state index is 12.2. The van der Waals surface area contributed by atoms with Gasteiger partial charge in [-0.3, -0.25) is 9.79 Å². The van der Waals surface area contributed by atoms with E-state index in [-0.39, 0.29) is 11.6 Å².